The molecular formula is C55H55N5O10. The van der Waals surface area contributed by atoms with Gasteiger partial charge in [-0.2, -0.15) is 0 Å². The molecule has 5 spiro atoms. The van der Waals surface area contributed by atoms with E-state index in [4.69, 9.17) is 14.5 Å². The fourth-order valence-electron chi connectivity index (χ4n) is 17.4. The number of fused-ring (bicyclic) bond motifs is 8. The van der Waals surface area contributed by atoms with Crippen LogP contribution in [0.25, 0.3) is 16.3 Å². The summed E-state index contributed by atoms with van der Waals surface area (Å²) in [6.45, 7) is 1.75. The number of aliphatic hydroxyl groups is 5. The number of H-pyrrole nitrogens is 2. The summed E-state index contributed by atoms with van der Waals surface area (Å²) < 4.78 is 14.7. The van der Waals surface area contributed by atoms with Crippen molar-refractivity contribution in [2.75, 3.05) is 11.9 Å². The second-order valence-corrected chi connectivity index (χ2v) is 22.9. The van der Waals surface area contributed by atoms with Gasteiger partial charge in [0.15, 0.2) is 17.5 Å². The molecule has 4 saturated carbocycles. The Kier molecular flexibility index (Phi) is 8.19. The number of carbonyl (C=O) groups is 2. The summed E-state index contributed by atoms with van der Waals surface area (Å²) in [6, 6.07) is 8.38. The number of ketones is 2. The Morgan fingerprint density at radius 2 is 1.67 bits per heavy atom. The number of hydrogen-bond donors (Lipinski definition) is 9. The first-order valence-electron chi connectivity index (χ1n) is 25.4. The van der Waals surface area contributed by atoms with E-state index in [1.165, 1.54) is 6.07 Å². The minimum atomic E-state index is -2.43. The quantitative estimate of drug-likeness (QED) is 0.100. The summed E-state index contributed by atoms with van der Waals surface area (Å²) in [5.74, 6) is -4.44. The van der Waals surface area contributed by atoms with Crippen molar-refractivity contribution in [3.05, 3.63) is 117 Å². The molecular weight excluding hydrogens is 891 g/mol. The number of nitrogens with zero attached hydrogens (tertiary/aromatic N) is 2. The summed E-state index contributed by atoms with van der Waals surface area (Å²) >= 11 is 0. The third kappa shape index (κ3) is 4.83. The Bertz CT molecular complexity index is 3260. The number of hydrogen-bond acceptors (Lipinski definition) is 13. The fraction of sp³-hybridized carbons (Fsp3) is 0.491. The first-order valence-corrected chi connectivity index (χ1v) is 25.4. The zero-order valence-corrected chi connectivity index (χ0v) is 38.7. The smallest absolute Gasteiger partial charge is 0.261 e. The maximum Gasteiger partial charge on any atom is 0.261 e. The van der Waals surface area contributed by atoms with Crippen LogP contribution in [0.4, 0.5) is 5.82 Å². The van der Waals surface area contributed by atoms with Gasteiger partial charge in [-0.25, -0.2) is 9.97 Å². The molecule has 15 heteroatoms. The van der Waals surface area contributed by atoms with Crippen LogP contribution in [0.15, 0.2) is 66.3 Å². The van der Waals surface area contributed by atoms with Gasteiger partial charge >= 0.3 is 0 Å². The molecule has 0 amide bonds. The van der Waals surface area contributed by atoms with Crippen molar-refractivity contribution in [3.8, 4) is 11.5 Å². The summed E-state index contributed by atoms with van der Waals surface area (Å²) in [5.41, 5.74) is 1.51. The van der Waals surface area contributed by atoms with E-state index in [0.29, 0.717) is 58.3 Å². The van der Waals surface area contributed by atoms with E-state index in [2.05, 4.69) is 26.3 Å². The van der Waals surface area contributed by atoms with Crippen molar-refractivity contribution in [1.82, 2.24) is 19.9 Å². The van der Waals surface area contributed by atoms with Crippen LogP contribution in [-0.4, -0.2) is 111 Å². The maximum atomic E-state index is 15.2. The summed E-state index contributed by atoms with van der Waals surface area (Å²) in [5, 5.41) is 82.1. The Balaban J connectivity index is 1.08. The molecule has 11 aliphatic rings. The van der Waals surface area contributed by atoms with Crippen molar-refractivity contribution < 1.29 is 49.7 Å². The molecule has 9 N–H and O–H groups in total. The van der Waals surface area contributed by atoms with E-state index >= 15 is 9.59 Å². The number of imidazole rings is 1. The lowest BCUT2D eigenvalue weighted by Crippen LogP contribution is -2.80. The van der Waals surface area contributed by atoms with Crippen LogP contribution in [0, 0.1) is 35.0 Å². The number of aliphatic hydroxyl groups excluding tert-OH is 5. The molecule has 8 bridgehead atoms. The van der Waals surface area contributed by atoms with Gasteiger partial charge in [0.25, 0.3) is 5.79 Å². The fourth-order valence-corrected chi connectivity index (χ4v) is 17.4. The molecule has 7 heterocycles. The van der Waals surface area contributed by atoms with Gasteiger partial charge in [0.2, 0.25) is 5.78 Å². The Morgan fingerprint density at radius 1 is 0.857 bits per heavy atom. The molecule has 4 aliphatic heterocycles. The Labute approximate surface area is 402 Å². The molecule has 5 aromatic rings. The monoisotopic (exact) mass is 945 g/mol. The third-order valence-electron chi connectivity index (χ3n) is 19.9. The Hall–Kier alpha value is -5.68. The van der Waals surface area contributed by atoms with Crippen molar-refractivity contribution in [1.29, 1.82) is 0 Å². The molecule has 16 rings (SSSR count). The average molecular weight is 946 g/mol. The minimum absolute atomic E-state index is 0.0125. The molecule has 5 fully saturated rings. The number of phenols is 1. The largest absolute Gasteiger partial charge is 0.507 e. The summed E-state index contributed by atoms with van der Waals surface area (Å²) in [4.78, 5) is 46.3. The molecule has 7 aliphatic carbocycles. The van der Waals surface area contributed by atoms with Gasteiger partial charge in [0.1, 0.15) is 29.5 Å². The number of anilines is 1. The van der Waals surface area contributed by atoms with Gasteiger partial charge in [0, 0.05) is 75.4 Å². The van der Waals surface area contributed by atoms with Crippen LogP contribution in [0.1, 0.15) is 137 Å². The topological polar surface area (TPSA) is 243 Å². The SMILES string of the molecule is Cc1cc(O)c2c(c1)C(=O)c1c(c3cc4c(nccc14)NCC(O)C14C5=C6C7=CC8(O3)OC6(C(O)C(O)C8O)C(O)C3(CCC6(CCCC6)C3)C5CCC1CCC4c1cc(Cc3cnc[nH]3)[nH]c17)C2=O. The molecule has 15 nitrogen and oxygen atoms in total. The van der Waals surface area contributed by atoms with Gasteiger partial charge < -0.3 is 55.4 Å². The van der Waals surface area contributed by atoms with E-state index in [0.717, 1.165) is 80.3 Å². The van der Waals surface area contributed by atoms with Gasteiger partial charge in [0.05, 0.1) is 29.7 Å². The zero-order valence-electron chi connectivity index (χ0n) is 38.7. The lowest BCUT2D eigenvalue weighted by molar-refractivity contribution is -0.369. The van der Waals surface area contributed by atoms with Gasteiger partial charge in [-0.05, 0) is 152 Å². The highest BCUT2D eigenvalue weighted by Crippen LogP contribution is 2.78. The van der Waals surface area contributed by atoms with Crippen LogP contribution < -0.4 is 10.1 Å². The van der Waals surface area contributed by atoms with E-state index in [9.17, 15) is 30.6 Å². The standard InChI is InChI=1S/C55H55N5O10/c1-24-14-31-38(35(61)15-24)45(64)40-36-18-29-28(39(40)44(31)63)8-13-57-49(29)58-21-37(62)54-25-4-6-33(54)30-17-26(16-27-20-56-23-59-27)60-43(30)32-19-53(69-36)47(66)46(65)48(67)55(70-53)41(32)42(54)34(7-5-25)52(50(55)68)12-11-51(22-52)9-2-3-10-51/h8,13-15,17-20,23,25,33-34,37,46-48,50,60-62,65-68H,2-7,9-12,16,21-22H2,1H3,(H,56,59)(H,57,58). The highest BCUT2D eigenvalue weighted by molar-refractivity contribution is 6.34. The second-order valence-electron chi connectivity index (χ2n) is 22.9. The minimum Gasteiger partial charge on any atom is -0.507 e. The second kappa shape index (κ2) is 13.6. The van der Waals surface area contributed by atoms with Crippen molar-refractivity contribution in [3.63, 3.8) is 0 Å². The van der Waals surface area contributed by atoms with E-state index in [-0.39, 0.29) is 63.5 Å². The van der Waals surface area contributed by atoms with Crippen molar-refractivity contribution >= 4 is 33.7 Å². The number of benzene rings is 2. The highest BCUT2D eigenvalue weighted by Gasteiger charge is 2.79. The molecule has 12 unspecified atom stereocenters. The van der Waals surface area contributed by atoms with Gasteiger partial charge in [-0.15, -0.1) is 0 Å². The number of phenolic OH excluding ortho intramolecular Hbond substituents is 1. The molecule has 12 atom stereocenters. The molecule has 2 aromatic carbocycles. The van der Waals surface area contributed by atoms with Crippen LogP contribution in [0.5, 0.6) is 11.5 Å². The molecule has 70 heavy (non-hydrogen) atoms. The Morgan fingerprint density at radius 3 is 2.47 bits per heavy atom. The average Bonchev–Trinajstić information content (AvgIpc) is 4.22. The number of aromatic hydroxyl groups is 1. The van der Waals surface area contributed by atoms with Crippen molar-refractivity contribution in [2.45, 2.75) is 132 Å². The van der Waals surface area contributed by atoms with Crippen molar-refractivity contribution in [2.24, 2.45) is 28.1 Å². The number of aromatic nitrogens is 4. The number of ether oxygens (including phenoxy) is 2. The lowest BCUT2D eigenvalue weighted by atomic mass is 9.42. The molecule has 1 saturated heterocycles. The summed E-state index contributed by atoms with van der Waals surface area (Å²) in [7, 11) is 0. The molecule has 0 radical (unpaired) electrons. The van der Waals surface area contributed by atoms with Crippen LogP contribution in [0.2, 0.25) is 0 Å². The number of rotatable bonds is 2. The van der Waals surface area contributed by atoms with Crippen LogP contribution in [-0.2, 0) is 11.2 Å². The first kappa shape index (κ1) is 42.0. The predicted octanol–water partition coefficient (Wildman–Crippen LogP) is 5.78. The summed E-state index contributed by atoms with van der Waals surface area (Å²) in [6.07, 6.45) is 8.25. The van der Waals surface area contributed by atoms with Gasteiger partial charge in [-0.3, -0.25) is 9.59 Å². The predicted molar refractivity (Wildman–Crippen MR) is 252 cm³/mol. The number of carbonyl (C=O) groups excluding carboxylic acids is 2. The van der Waals surface area contributed by atoms with E-state index < -0.39 is 64.3 Å². The van der Waals surface area contributed by atoms with Gasteiger partial charge in [-0.1, -0.05) is 12.8 Å². The van der Waals surface area contributed by atoms with E-state index in [1.54, 1.807) is 49.9 Å². The maximum absolute atomic E-state index is 15.2. The highest BCUT2D eigenvalue weighted by atomic mass is 16.7. The third-order valence-corrected chi connectivity index (χ3v) is 19.9. The van der Waals surface area contributed by atoms with Crippen LogP contribution >= 0.6 is 0 Å². The van der Waals surface area contributed by atoms with Crippen LogP contribution in [0.3, 0.4) is 0 Å². The van der Waals surface area contributed by atoms with E-state index in [1.807, 2.05) is 0 Å². The first-order chi connectivity index (χ1) is 33.7. The number of aryl methyl sites for hydroxylation is 1. The molecule has 360 valence electrons. The number of pyridine rings is 1. The lowest BCUT2D eigenvalue weighted by Gasteiger charge is -2.67. The number of aromatic amines is 2. The zero-order chi connectivity index (χ0) is 47.6. The number of nitrogens with one attached hydrogen (secondary N) is 3. The normalized spacial score (nSPS) is 37.9. The molecule has 3 aromatic heterocycles.